The molecule has 1 aliphatic rings. The molecule has 1 aromatic heterocycles. The monoisotopic (exact) mass is 492 g/mol. The van der Waals surface area contributed by atoms with E-state index in [2.05, 4.69) is 39.7 Å². The lowest BCUT2D eigenvalue weighted by molar-refractivity contribution is -0.149. The van der Waals surface area contributed by atoms with Crippen molar-refractivity contribution in [1.29, 1.82) is 0 Å². The number of hydrogen-bond donors (Lipinski definition) is 2. The topological polar surface area (TPSA) is 93.4 Å². The van der Waals surface area contributed by atoms with Crippen LogP contribution in [0.25, 0.3) is 0 Å². The lowest BCUT2D eigenvalue weighted by Crippen LogP contribution is -2.45. The van der Waals surface area contributed by atoms with Gasteiger partial charge in [0.2, 0.25) is 0 Å². The lowest BCUT2D eigenvalue weighted by atomic mass is 9.86. The molecule has 1 aliphatic carbocycles. The van der Waals surface area contributed by atoms with Crippen molar-refractivity contribution in [3.63, 3.8) is 0 Å². The van der Waals surface area contributed by atoms with Crippen molar-refractivity contribution in [2.75, 3.05) is 19.7 Å². The molecule has 0 spiro atoms. The summed E-state index contributed by atoms with van der Waals surface area (Å²) in [6, 6.07) is 0.347. The fourth-order valence-corrected chi connectivity index (χ4v) is 3.26. The molecule has 0 bridgehead atoms. The fourth-order valence-electron chi connectivity index (χ4n) is 3.26. The fraction of sp³-hybridized carbons (Fsp3) is 0.778. The number of carbonyl (C=O) groups is 1. The molecule has 0 aliphatic heterocycles. The third-order valence-electron chi connectivity index (χ3n) is 4.65. The quantitative estimate of drug-likeness (QED) is 0.250. The maximum Gasteiger partial charge on any atom is 0.308 e. The highest BCUT2D eigenvalue weighted by Crippen LogP contribution is 2.25. The van der Waals surface area contributed by atoms with Crippen molar-refractivity contribution in [1.82, 2.24) is 25.4 Å². The molecule has 0 aromatic carbocycles. The van der Waals surface area contributed by atoms with Crippen LogP contribution in [-0.4, -0.2) is 52.4 Å². The van der Waals surface area contributed by atoms with Gasteiger partial charge in [-0.1, -0.05) is 6.92 Å². The van der Waals surface area contributed by atoms with Crippen LogP contribution in [0.1, 0.15) is 52.3 Å². The largest absolute Gasteiger partial charge is 0.466 e. The highest BCUT2D eigenvalue weighted by molar-refractivity contribution is 14.0. The van der Waals surface area contributed by atoms with Gasteiger partial charge in [-0.3, -0.25) is 9.79 Å². The molecule has 2 N–H and O–H groups in total. The van der Waals surface area contributed by atoms with Crippen LogP contribution in [-0.2, 0) is 22.5 Å². The van der Waals surface area contributed by atoms with Gasteiger partial charge in [0.15, 0.2) is 5.96 Å². The number of carbonyl (C=O) groups excluding carboxylic acids is 1. The second kappa shape index (κ2) is 12.9. The molecule has 1 heterocycles. The highest BCUT2D eigenvalue weighted by atomic mass is 127. The van der Waals surface area contributed by atoms with E-state index in [9.17, 15) is 4.79 Å². The minimum atomic E-state index is -0.0489. The first kappa shape index (κ1) is 23.6. The zero-order chi connectivity index (χ0) is 18.8. The molecule has 154 valence electrons. The highest BCUT2D eigenvalue weighted by Gasteiger charge is 2.27. The average Bonchev–Trinajstić information content (AvgIpc) is 3.10. The first-order valence-corrected chi connectivity index (χ1v) is 9.76. The third kappa shape index (κ3) is 7.63. The van der Waals surface area contributed by atoms with Crippen molar-refractivity contribution in [2.24, 2.45) is 10.9 Å². The standard InChI is InChI=1S/C18H32N6O2.HI/c1-4-16-23-21-13-24(16)12-11-20-18(19-5-2)22-15-9-7-14(8-10-15)17(25)26-6-3;/h13-15H,4-12H2,1-3H3,(H2,19,20,22);1H. The molecule has 0 saturated heterocycles. The van der Waals surface area contributed by atoms with Crippen LogP contribution in [0.15, 0.2) is 11.3 Å². The molecule has 0 atom stereocenters. The van der Waals surface area contributed by atoms with Crippen molar-refractivity contribution in [3.8, 4) is 0 Å². The number of nitrogens with zero attached hydrogens (tertiary/aromatic N) is 4. The SMILES string of the molecule is CCNC(=NCCn1cnnc1CC)NC1CCC(C(=O)OCC)CC1.I. The Morgan fingerprint density at radius 3 is 2.67 bits per heavy atom. The normalized spacial score (nSPS) is 19.9. The first-order valence-electron chi connectivity index (χ1n) is 9.76. The maximum atomic E-state index is 11.8. The van der Waals surface area contributed by atoms with E-state index in [0.717, 1.165) is 57.0 Å². The summed E-state index contributed by atoms with van der Waals surface area (Å²) in [5.41, 5.74) is 0. The molecular formula is C18H33IN6O2. The van der Waals surface area contributed by atoms with E-state index in [1.54, 1.807) is 6.33 Å². The summed E-state index contributed by atoms with van der Waals surface area (Å²) >= 11 is 0. The summed E-state index contributed by atoms with van der Waals surface area (Å²) in [6.07, 6.45) is 6.28. The van der Waals surface area contributed by atoms with E-state index in [0.29, 0.717) is 19.2 Å². The van der Waals surface area contributed by atoms with E-state index < -0.39 is 0 Å². The van der Waals surface area contributed by atoms with Gasteiger partial charge in [0.05, 0.1) is 19.1 Å². The van der Waals surface area contributed by atoms with Crippen molar-refractivity contribution >= 4 is 35.9 Å². The van der Waals surface area contributed by atoms with Gasteiger partial charge in [0.1, 0.15) is 12.2 Å². The molecule has 0 radical (unpaired) electrons. The Balaban J connectivity index is 0.00000364. The molecule has 1 fully saturated rings. The summed E-state index contributed by atoms with van der Waals surface area (Å²) in [5.74, 6) is 1.81. The number of rotatable bonds is 8. The van der Waals surface area contributed by atoms with Crippen LogP contribution < -0.4 is 10.6 Å². The number of esters is 1. The number of aryl methyl sites for hydroxylation is 1. The van der Waals surface area contributed by atoms with Gasteiger partial charge in [-0.2, -0.15) is 0 Å². The molecule has 0 unspecified atom stereocenters. The van der Waals surface area contributed by atoms with Gasteiger partial charge in [-0.25, -0.2) is 0 Å². The predicted molar refractivity (Wildman–Crippen MR) is 116 cm³/mol. The number of nitrogens with one attached hydrogen (secondary N) is 2. The van der Waals surface area contributed by atoms with Crippen LogP contribution >= 0.6 is 24.0 Å². The number of halogens is 1. The van der Waals surface area contributed by atoms with Gasteiger partial charge >= 0.3 is 5.97 Å². The summed E-state index contributed by atoms with van der Waals surface area (Å²) in [5, 5.41) is 14.8. The average molecular weight is 492 g/mol. The smallest absolute Gasteiger partial charge is 0.308 e. The van der Waals surface area contributed by atoms with E-state index in [1.807, 2.05) is 11.5 Å². The Hall–Kier alpha value is -1.39. The van der Waals surface area contributed by atoms with Gasteiger partial charge in [0.25, 0.3) is 0 Å². The zero-order valence-corrected chi connectivity index (χ0v) is 18.9. The number of aromatic nitrogens is 3. The minimum Gasteiger partial charge on any atom is -0.466 e. The molecule has 1 saturated carbocycles. The first-order chi connectivity index (χ1) is 12.7. The van der Waals surface area contributed by atoms with Gasteiger partial charge in [0, 0.05) is 25.6 Å². The Kier molecular flexibility index (Phi) is 11.3. The van der Waals surface area contributed by atoms with Crippen molar-refractivity contribution in [3.05, 3.63) is 12.2 Å². The number of ether oxygens (including phenoxy) is 1. The van der Waals surface area contributed by atoms with Gasteiger partial charge < -0.3 is 19.9 Å². The van der Waals surface area contributed by atoms with Crippen LogP contribution in [0.5, 0.6) is 0 Å². The Morgan fingerprint density at radius 2 is 2.04 bits per heavy atom. The van der Waals surface area contributed by atoms with E-state index in [1.165, 1.54) is 0 Å². The predicted octanol–water partition coefficient (Wildman–Crippen LogP) is 2.14. The molecule has 0 amide bonds. The summed E-state index contributed by atoms with van der Waals surface area (Å²) in [4.78, 5) is 16.5. The summed E-state index contributed by atoms with van der Waals surface area (Å²) in [7, 11) is 0. The van der Waals surface area contributed by atoms with Crippen LogP contribution in [0.4, 0.5) is 0 Å². The molecule has 2 rings (SSSR count). The van der Waals surface area contributed by atoms with Gasteiger partial charge in [-0.15, -0.1) is 34.2 Å². The van der Waals surface area contributed by atoms with Gasteiger partial charge in [-0.05, 0) is 39.5 Å². The Labute approximate surface area is 179 Å². The van der Waals surface area contributed by atoms with Crippen molar-refractivity contribution < 1.29 is 9.53 Å². The van der Waals surface area contributed by atoms with Crippen LogP contribution in [0, 0.1) is 5.92 Å². The van der Waals surface area contributed by atoms with E-state index >= 15 is 0 Å². The van der Waals surface area contributed by atoms with Crippen LogP contribution in [0.3, 0.4) is 0 Å². The molecule has 27 heavy (non-hydrogen) atoms. The Bertz CT molecular complexity index is 584. The third-order valence-corrected chi connectivity index (χ3v) is 4.65. The van der Waals surface area contributed by atoms with E-state index in [-0.39, 0.29) is 35.9 Å². The van der Waals surface area contributed by atoms with E-state index in [4.69, 9.17) is 4.74 Å². The number of guanidine groups is 1. The molecule has 9 heteroatoms. The maximum absolute atomic E-state index is 11.8. The Morgan fingerprint density at radius 1 is 1.30 bits per heavy atom. The summed E-state index contributed by atoms with van der Waals surface area (Å²) < 4.78 is 7.17. The number of hydrogen-bond acceptors (Lipinski definition) is 5. The molecule has 1 aromatic rings. The van der Waals surface area contributed by atoms with Crippen LogP contribution in [0.2, 0.25) is 0 Å². The zero-order valence-electron chi connectivity index (χ0n) is 16.6. The molecule has 8 nitrogen and oxygen atoms in total. The molecular weight excluding hydrogens is 459 g/mol. The summed E-state index contributed by atoms with van der Waals surface area (Å²) in [6.45, 7) is 8.69. The minimum absolute atomic E-state index is 0. The van der Waals surface area contributed by atoms with Crippen molar-refractivity contribution in [2.45, 2.75) is 65.5 Å². The lowest BCUT2D eigenvalue weighted by Gasteiger charge is -2.29. The number of aliphatic imine (C=N–C) groups is 1. The second-order valence-corrected chi connectivity index (χ2v) is 6.50. The second-order valence-electron chi connectivity index (χ2n) is 6.50.